The minimum absolute atomic E-state index is 0.149. The molecule has 4 rings (SSSR count). The molecular formula is C20H20F3N5. The maximum Gasteiger partial charge on any atom is 0.435 e. The number of hydrogen-bond donors (Lipinski definition) is 0. The second-order valence-corrected chi connectivity index (χ2v) is 6.98. The number of hydrogen-bond acceptors (Lipinski definition) is 4. The zero-order valence-electron chi connectivity index (χ0n) is 15.4. The number of anilines is 1. The van der Waals surface area contributed by atoms with E-state index < -0.39 is 11.9 Å². The molecule has 0 atom stereocenters. The fourth-order valence-corrected chi connectivity index (χ4v) is 3.55. The molecule has 28 heavy (non-hydrogen) atoms. The number of aromatic nitrogens is 4. The molecule has 0 aliphatic carbocycles. The molecule has 0 N–H and O–H groups in total. The number of alkyl halides is 3. The molecule has 0 spiro atoms. The molecule has 5 nitrogen and oxygen atoms in total. The molecule has 8 heteroatoms. The summed E-state index contributed by atoms with van der Waals surface area (Å²) in [7, 11) is 0. The van der Waals surface area contributed by atoms with Crippen molar-refractivity contribution in [2.75, 3.05) is 18.0 Å². The molecule has 0 saturated carbocycles. The number of halogens is 3. The van der Waals surface area contributed by atoms with Gasteiger partial charge in [0.1, 0.15) is 5.82 Å². The SMILES string of the molecule is Cc1cc(N2CCC(c3ccccc3)CC2)nc(-n2ccc(C(F)(F)F)n2)n1. The summed E-state index contributed by atoms with van der Waals surface area (Å²) >= 11 is 0. The maximum atomic E-state index is 12.8. The quantitative estimate of drug-likeness (QED) is 0.669. The Morgan fingerprint density at radius 2 is 1.71 bits per heavy atom. The van der Waals surface area contributed by atoms with Crippen molar-refractivity contribution < 1.29 is 13.2 Å². The largest absolute Gasteiger partial charge is 0.435 e. The Hall–Kier alpha value is -2.90. The first-order chi connectivity index (χ1) is 13.4. The van der Waals surface area contributed by atoms with E-state index in [1.807, 2.05) is 12.1 Å². The molecule has 0 bridgehead atoms. The summed E-state index contributed by atoms with van der Waals surface area (Å²) in [6, 6.07) is 13.2. The molecule has 0 amide bonds. The van der Waals surface area contributed by atoms with Crippen molar-refractivity contribution >= 4 is 5.82 Å². The van der Waals surface area contributed by atoms with Crippen molar-refractivity contribution in [1.29, 1.82) is 0 Å². The summed E-state index contributed by atoms with van der Waals surface area (Å²) < 4.78 is 39.5. The molecule has 3 aromatic rings. The second kappa shape index (κ2) is 7.26. The van der Waals surface area contributed by atoms with Crippen LogP contribution in [0, 0.1) is 6.92 Å². The van der Waals surface area contributed by atoms with Gasteiger partial charge in [-0.25, -0.2) is 9.67 Å². The van der Waals surface area contributed by atoms with E-state index in [9.17, 15) is 13.2 Å². The highest BCUT2D eigenvalue weighted by Gasteiger charge is 2.34. The van der Waals surface area contributed by atoms with Crippen LogP contribution in [-0.2, 0) is 6.18 Å². The van der Waals surface area contributed by atoms with E-state index >= 15 is 0 Å². The van der Waals surface area contributed by atoms with E-state index in [-0.39, 0.29) is 5.95 Å². The number of piperidine rings is 1. The van der Waals surface area contributed by atoms with Crippen molar-refractivity contribution in [3.05, 3.63) is 65.6 Å². The predicted octanol–water partition coefficient (Wildman–Crippen LogP) is 4.37. The summed E-state index contributed by atoms with van der Waals surface area (Å²) in [5.41, 5.74) is 1.08. The van der Waals surface area contributed by atoms with Gasteiger partial charge in [0.05, 0.1) is 0 Å². The summed E-state index contributed by atoms with van der Waals surface area (Å²) in [6.07, 6.45) is -1.25. The maximum absolute atomic E-state index is 12.8. The van der Waals surface area contributed by atoms with Crippen LogP contribution in [0.2, 0.25) is 0 Å². The number of rotatable bonds is 3. The van der Waals surface area contributed by atoms with Gasteiger partial charge in [0.2, 0.25) is 0 Å². The van der Waals surface area contributed by atoms with Gasteiger partial charge < -0.3 is 4.90 Å². The molecule has 146 valence electrons. The van der Waals surface area contributed by atoms with Gasteiger partial charge in [-0.05, 0) is 37.3 Å². The molecular weight excluding hydrogens is 367 g/mol. The highest BCUT2D eigenvalue weighted by molar-refractivity contribution is 5.43. The second-order valence-electron chi connectivity index (χ2n) is 6.98. The Bertz CT molecular complexity index is 944. The minimum atomic E-state index is -4.49. The van der Waals surface area contributed by atoms with Gasteiger partial charge in [-0.1, -0.05) is 30.3 Å². The molecule has 2 aromatic heterocycles. The third kappa shape index (κ3) is 3.85. The van der Waals surface area contributed by atoms with Crippen LogP contribution in [0.15, 0.2) is 48.7 Å². The van der Waals surface area contributed by atoms with Crippen LogP contribution in [0.25, 0.3) is 5.95 Å². The summed E-state index contributed by atoms with van der Waals surface area (Å²) in [6.45, 7) is 3.48. The monoisotopic (exact) mass is 387 g/mol. The summed E-state index contributed by atoms with van der Waals surface area (Å²) in [5, 5.41) is 3.58. The van der Waals surface area contributed by atoms with E-state index in [2.05, 4.69) is 44.2 Å². The Labute approximate surface area is 160 Å². The van der Waals surface area contributed by atoms with Gasteiger partial charge in [0.15, 0.2) is 5.69 Å². The molecule has 1 aliphatic heterocycles. The average Bonchev–Trinajstić information content (AvgIpc) is 3.19. The number of benzene rings is 1. The predicted molar refractivity (Wildman–Crippen MR) is 99.5 cm³/mol. The van der Waals surface area contributed by atoms with Gasteiger partial charge in [0.25, 0.3) is 5.95 Å². The number of aryl methyl sites for hydroxylation is 1. The standard InChI is InChI=1S/C20H20F3N5/c1-14-13-18(25-19(24-14)28-12-9-17(26-28)20(21,22)23)27-10-7-16(8-11-27)15-5-3-2-4-6-15/h2-6,9,12-13,16H,7-8,10-11H2,1H3. The third-order valence-corrected chi connectivity index (χ3v) is 5.00. The lowest BCUT2D eigenvalue weighted by Gasteiger charge is -2.33. The van der Waals surface area contributed by atoms with Gasteiger partial charge in [-0.3, -0.25) is 0 Å². The molecule has 1 aliphatic rings. The normalized spacial score (nSPS) is 15.8. The van der Waals surface area contributed by atoms with Crippen molar-refractivity contribution in [3.8, 4) is 5.95 Å². The van der Waals surface area contributed by atoms with Crippen molar-refractivity contribution in [3.63, 3.8) is 0 Å². The minimum Gasteiger partial charge on any atom is -0.356 e. The molecule has 0 radical (unpaired) electrons. The molecule has 0 unspecified atom stereocenters. The summed E-state index contributed by atoms with van der Waals surface area (Å²) in [5.74, 6) is 1.38. The Balaban J connectivity index is 1.53. The lowest BCUT2D eigenvalue weighted by Crippen LogP contribution is -2.33. The Kier molecular flexibility index (Phi) is 4.78. The topological polar surface area (TPSA) is 46.8 Å². The third-order valence-electron chi connectivity index (χ3n) is 5.00. The van der Waals surface area contributed by atoms with E-state index in [0.717, 1.165) is 42.5 Å². The fraction of sp³-hybridized carbons (Fsp3) is 0.350. The Morgan fingerprint density at radius 1 is 1.00 bits per heavy atom. The van der Waals surface area contributed by atoms with Crippen LogP contribution in [0.4, 0.5) is 19.0 Å². The van der Waals surface area contributed by atoms with E-state index in [1.165, 1.54) is 11.8 Å². The van der Waals surface area contributed by atoms with Crippen LogP contribution in [0.1, 0.15) is 35.7 Å². The van der Waals surface area contributed by atoms with Gasteiger partial charge in [-0.2, -0.15) is 23.3 Å². The number of nitrogens with zero attached hydrogens (tertiary/aromatic N) is 5. The van der Waals surface area contributed by atoms with Gasteiger partial charge in [0, 0.05) is 31.0 Å². The van der Waals surface area contributed by atoms with E-state index in [0.29, 0.717) is 11.6 Å². The van der Waals surface area contributed by atoms with E-state index in [4.69, 9.17) is 0 Å². The van der Waals surface area contributed by atoms with Crippen LogP contribution in [-0.4, -0.2) is 32.8 Å². The van der Waals surface area contributed by atoms with Crippen LogP contribution in [0.3, 0.4) is 0 Å². The average molecular weight is 387 g/mol. The Morgan fingerprint density at radius 3 is 2.36 bits per heavy atom. The molecule has 1 saturated heterocycles. The van der Waals surface area contributed by atoms with Crippen molar-refractivity contribution in [2.24, 2.45) is 0 Å². The highest BCUT2D eigenvalue weighted by Crippen LogP contribution is 2.30. The zero-order valence-corrected chi connectivity index (χ0v) is 15.4. The van der Waals surface area contributed by atoms with Gasteiger partial charge in [-0.15, -0.1) is 0 Å². The lowest BCUT2D eigenvalue weighted by molar-refractivity contribution is -0.141. The summed E-state index contributed by atoms with van der Waals surface area (Å²) in [4.78, 5) is 10.9. The van der Waals surface area contributed by atoms with Crippen LogP contribution in [0.5, 0.6) is 0 Å². The van der Waals surface area contributed by atoms with Crippen LogP contribution >= 0.6 is 0 Å². The first-order valence-corrected chi connectivity index (χ1v) is 9.19. The zero-order chi connectivity index (χ0) is 19.7. The molecule has 1 fully saturated rings. The first-order valence-electron chi connectivity index (χ1n) is 9.19. The van der Waals surface area contributed by atoms with Crippen molar-refractivity contribution in [2.45, 2.75) is 31.9 Å². The van der Waals surface area contributed by atoms with Gasteiger partial charge >= 0.3 is 6.18 Å². The fourth-order valence-electron chi connectivity index (χ4n) is 3.55. The first kappa shape index (κ1) is 18.5. The van der Waals surface area contributed by atoms with E-state index in [1.54, 1.807) is 6.92 Å². The van der Waals surface area contributed by atoms with Crippen LogP contribution < -0.4 is 4.90 Å². The molecule has 1 aromatic carbocycles. The highest BCUT2D eigenvalue weighted by atomic mass is 19.4. The van der Waals surface area contributed by atoms with Crippen molar-refractivity contribution in [1.82, 2.24) is 19.7 Å². The lowest BCUT2D eigenvalue weighted by atomic mass is 9.89. The smallest absolute Gasteiger partial charge is 0.356 e. The molecule has 3 heterocycles.